The number of hydrogen-bond donors (Lipinski definition) is 0. The fraction of sp³-hybridized carbons (Fsp3) is 0.200. The van der Waals surface area contributed by atoms with E-state index < -0.39 is 0 Å². The Kier molecular flexibility index (Phi) is 4.13. The summed E-state index contributed by atoms with van der Waals surface area (Å²) in [5.41, 5.74) is 1.14. The number of fused-ring (bicyclic) bond motifs is 2. The maximum absolute atomic E-state index is 13.5. The topological polar surface area (TPSA) is 63.9 Å². The molecule has 1 aliphatic rings. The summed E-state index contributed by atoms with van der Waals surface area (Å²) < 4.78 is 29.3. The molecular formula is C20H15F2N5OS. The van der Waals surface area contributed by atoms with Gasteiger partial charge in [0.25, 0.3) is 5.91 Å². The molecule has 29 heavy (non-hydrogen) atoms. The van der Waals surface area contributed by atoms with Crippen LogP contribution >= 0.6 is 11.3 Å². The van der Waals surface area contributed by atoms with Crippen LogP contribution in [0.5, 0.6) is 0 Å². The quantitative estimate of drug-likeness (QED) is 0.499. The molecule has 0 N–H and O–H groups in total. The average Bonchev–Trinajstić information content (AvgIpc) is 3.32. The van der Waals surface area contributed by atoms with E-state index in [2.05, 4.69) is 15.2 Å². The second-order valence-corrected chi connectivity index (χ2v) is 7.88. The van der Waals surface area contributed by atoms with Gasteiger partial charge < -0.3 is 9.47 Å². The fourth-order valence-electron chi connectivity index (χ4n) is 3.57. The van der Waals surface area contributed by atoms with Gasteiger partial charge in [0.2, 0.25) is 0 Å². The first-order chi connectivity index (χ1) is 14.0. The van der Waals surface area contributed by atoms with E-state index in [1.807, 2.05) is 11.5 Å². The summed E-state index contributed by atoms with van der Waals surface area (Å²) in [5, 5.41) is 9.25. The molecule has 9 heteroatoms. The minimum absolute atomic E-state index is 0.177. The van der Waals surface area contributed by atoms with Crippen molar-refractivity contribution in [3.8, 4) is 10.8 Å². The minimum Gasteiger partial charge on any atom is -0.327 e. The first-order valence-electron chi connectivity index (χ1n) is 9.07. The van der Waals surface area contributed by atoms with Crippen molar-refractivity contribution in [2.24, 2.45) is 0 Å². The van der Waals surface area contributed by atoms with Gasteiger partial charge in [0.05, 0.1) is 16.3 Å². The van der Waals surface area contributed by atoms with Gasteiger partial charge in [-0.25, -0.2) is 13.8 Å². The molecular weight excluding hydrogens is 396 g/mol. The summed E-state index contributed by atoms with van der Waals surface area (Å²) >= 11 is 1.36. The number of thiazole rings is 1. The SMILES string of the molecule is C[C@@H]1c2nnc(-c3nc4ccc(F)cc4s3)n2CCN1C(=O)c1ccc(F)cc1. The molecule has 0 aliphatic carbocycles. The third kappa shape index (κ3) is 2.98. The maximum atomic E-state index is 13.5. The lowest BCUT2D eigenvalue weighted by Crippen LogP contribution is -2.41. The Morgan fingerprint density at radius 1 is 1.07 bits per heavy atom. The highest BCUT2D eigenvalue weighted by molar-refractivity contribution is 7.21. The van der Waals surface area contributed by atoms with Crippen molar-refractivity contribution in [1.29, 1.82) is 0 Å². The first-order valence-corrected chi connectivity index (χ1v) is 9.89. The van der Waals surface area contributed by atoms with E-state index in [0.29, 0.717) is 40.8 Å². The molecule has 0 saturated carbocycles. The van der Waals surface area contributed by atoms with Crippen molar-refractivity contribution < 1.29 is 13.6 Å². The Bertz CT molecular complexity index is 1230. The minimum atomic E-state index is -0.381. The molecule has 4 aromatic rings. The van der Waals surface area contributed by atoms with Gasteiger partial charge in [-0.2, -0.15) is 0 Å². The average molecular weight is 411 g/mol. The van der Waals surface area contributed by atoms with Gasteiger partial charge in [-0.15, -0.1) is 21.5 Å². The molecule has 5 rings (SSSR count). The molecule has 1 aliphatic heterocycles. The van der Waals surface area contributed by atoms with Crippen molar-refractivity contribution in [2.45, 2.75) is 19.5 Å². The summed E-state index contributed by atoms with van der Waals surface area (Å²) in [6.45, 7) is 2.87. The van der Waals surface area contributed by atoms with Crippen LogP contribution in [0.2, 0.25) is 0 Å². The molecule has 0 saturated heterocycles. The highest BCUT2D eigenvalue weighted by Gasteiger charge is 2.32. The Balaban J connectivity index is 1.47. The molecule has 2 aromatic carbocycles. The smallest absolute Gasteiger partial charge is 0.254 e. The molecule has 1 amide bonds. The molecule has 146 valence electrons. The van der Waals surface area contributed by atoms with Crippen LogP contribution in [-0.4, -0.2) is 37.1 Å². The third-order valence-electron chi connectivity index (χ3n) is 5.08. The number of hydrogen-bond acceptors (Lipinski definition) is 5. The van der Waals surface area contributed by atoms with E-state index in [1.54, 1.807) is 11.0 Å². The monoisotopic (exact) mass is 411 g/mol. The van der Waals surface area contributed by atoms with Gasteiger partial charge in [0, 0.05) is 18.7 Å². The number of aromatic nitrogens is 4. The van der Waals surface area contributed by atoms with E-state index >= 15 is 0 Å². The van der Waals surface area contributed by atoms with E-state index in [9.17, 15) is 13.6 Å². The van der Waals surface area contributed by atoms with Crippen LogP contribution in [0.1, 0.15) is 29.1 Å². The summed E-state index contributed by atoms with van der Waals surface area (Å²) in [5.74, 6) is 0.408. The number of benzene rings is 2. The second-order valence-electron chi connectivity index (χ2n) is 6.85. The third-order valence-corrected chi connectivity index (χ3v) is 6.09. The van der Waals surface area contributed by atoms with Crippen LogP contribution < -0.4 is 0 Å². The Labute approximate surface area is 168 Å². The lowest BCUT2D eigenvalue weighted by molar-refractivity contribution is 0.0638. The van der Waals surface area contributed by atoms with Gasteiger partial charge in [-0.05, 0) is 49.4 Å². The van der Waals surface area contributed by atoms with E-state index in [4.69, 9.17) is 0 Å². The molecule has 0 bridgehead atoms. The van der Waals surface area contributed by atoms with Gasteiger partial charge >= 0.3 is 0 Å². The zero-order chi connectivity index (χ0) is 20.1. The number of halogens is 2. The Morgan fingerprint density at radius 2 is 1.83 bits per heavy atom. The largest absolute Gasteiger partial charge is 0.327 e. The van der Waals surface area contributed by atoms with Crippen LogP contribution in [0.3, 0.4) is 0 Å². The van der Waals surface area contributed by atoms with Crippen LogP contribution in [0, 0.1) is 11.6 Å². The summed E-state index contributed by atoms with van der Waals surface area (Å²) in [6.07, 6.45) is 0. The standard InChI is InChI=1S/C20H15F2N5OS/c1-11-17-24-25-18(19-23-15-7-6-14(22)10-16(15)29-19)27(17)9-8-26(11)20(28)12-2-4-13(21)5-3-12/h2-7,10-11H,8-9H2,1H3/t11-/m1/s1. The number of amides is 1. The van der Waals surface area contributed by atoms with E-state index in [1.165, 1.54) is 47.7 Å². The van der Waals surface area contributed by atoms with Gasteiger partial charge in [0.1, 0.15) is 11.6 Å². The maximum Gasteiger partial charge on any atom is 0.254 e. The fourth-order valence-corrected chi connectivity index (χ4v) is 4.56. The molecule has 0 fully saturated rings. The second kappa shape index (κ2) is 6.70. The van der Waals surface area contributed by atoms with Gasteiger partial charge in [-0.1, -0.05) is 0 Å². The van der Waals surface area contributed by atoms with Crippen LogP contribution in [0.15, 0.2) is 42.5 Å². The lowest BCUT2D eigenvalue weighted by Gasteiger charge is -2.33. The number of carbonyl (C=O) groups excluding carboxylic acids is 1. The van der Waals surface area contributed by atoms with E-state index in [0.717, 1.165) is 4.70 Å². The van der Waals surface area contributed by atoms with Gasteiger partial charge in [0.15, 0.2) is 16.7 Å². The Morgan fingerprint density at radius 3 is 2.62 bits per heavy atom. The van der Waals surface area contributed by atoms with Crippen molar-refractivity contribution in [3.63, 3.8) is 0 Å². The Hall–Kier alpha value is -3.20. The van der Waals surface area contributed by atoms with Crippen molar-refractivity contribution >= 4 is 27.5 Å². The summed E-state index contributed by atoms with van der Waals surface area (Å²) in [6, 6.07) is 9.70. The van der Waals surface area contributed by atoms with Crippen LogP contribution in [0.25, 0.3) is 21.0 Å². The zero-order valence-corrected chi connectivity index (χ0v) is 16.2. The highest BCUT2D eigenvalue weighted by Crippen LogP contribution is 2.33. The molecule has 6 nitrogen and oxygen atoms in total. The van der Waals surface area contributed by atoms with Crippen LogP contribution in [-0.2, 0) is 6.54 Å². The van der Waals surface area contributed by atoms with E-state index in [-0.39, 0.29) is 23.6 Å². The lowest BCUT2D eigenvalue weighted by atomic mass is 10.1. The molecule has 0 spiro atoms. The van der Waals surface area contributed by atoms with Crippen molar-refractivity contribution in [2.75, 3.05) is 6.54 Å². The number of rotatable bonds is 2. The predicted octanol–water partition coefficient (Wildman–Crippen LogP) is 4.05. The normalized spacial score (nSPS) is 16.2. The zero-order valence-electron chi connectivity index (χ0n) is 15.3. The molecule has 0 unspecified atom stereocenters. The molecule has 3 heterocycles. The first kappa shape index (κ1) is 17.9. The molecule has 0 radical (unpaired) electrons. The van der Waals surface area contributed by atoms with Crippen molar-refractivity contribution in [3.05, 3.63) is 65.5 Å². The van der Waals surface area contributed by atoms with Crippen molar-refractivity contribution in [1.82, 2.24) is 24.6 Å². The summed E-state index contributed by atoms with van der Waals surface area (Å²) in [4.78, 5) is 19.1. The van der Waals surface area contributed by atoms with Crippen LogP contribution in [0.4, 0.5) is 8.78 Å². The highest BCUT2D eigenvalue weighted by atomic mass is 32.1. The van der Waals surface area contributed by atoms with Gasteiger partial charge in [-0.3, -0.25) is 4.79 Å². The molecule has 1 atom stereocenters. The summed E-state index contributed by atoms with van der Waals surface area (Å²) in [7, 11) is 0. The number of carbonyl (C=O) groups is 1. The number of nitrogens with zero attached hydrogens (tertiary/aromatic N) is 5. The predicted molar refractivity (Wildman–Crippen MR) is 104 cm³/mol. The molecule has 2 aromatic heterocycles.